The summed E-state index contributed by atoms with van der Waals surface area (Å²) in [5, 5.41) is 8.66. The third kappa shape index (κ3) is 4.16. The largest absolute Gasteiger partial charge is 0.497 e. The number of benzene rings is 1. The zero-order valence-corrected chi connectivity index (χ0v) is 18.1. The highest BCUT2D eigenvalue weighted by atomic mass is 32.2. The molecular weight excluding hydrogens is 402 g/mol. The van der Waals surface area contributed by atoms with Crippen LogP contribution in [0.5, 0.6) is 11.5 Å². The zero-order chi connectivity index (χ0) is 21.3. The second kappa shape index (κ2) is 8.43. The summed E-state index contributed by atoms with van der Waals surface area (Å²) < 4.78 is 14.5. The molecule has 0 radical (unpaired) electrons. The Balaban J connectivity index is 1.37. The topological polar surface area (TPSA) is 97.2 Å². The number of rotatable bonds is 9. The molecule has 1 aromatic carbocycles. The lowest BCUT2D eigenvalue weighted by atomic mass is 10.2. The van der Waals surface area contributed by atoms with E-state index < -0.39 is 0 Å². The number of methoxy groups -OCH3 is 1. The number of thioether (sulfide) groups is 1. The number of aromatic nitrogens is 4. The fourth-order valence-corrected chi connectivity index (χ4v) is 4.26. The zero-order valence-electron chi connectivity index (χ0n) is 17.3. The Morgan fingerprint density at radius 2 is 2.00 bits per heavy atom. The Hall–Kier alpha value is -2.94. The molecule has 1 aliphatic rings. The molecule has 2 N–H and O–H groups in total. The van der Waals surface area contributed by atoms with Gasteiger partial charge in [0.2, 0.25) is 5.16 Å². The molecule has 1 fully saturated rings. The van der Waals surface area contributed by atoms with Gasteiger partial charge in [-0.3, -0.25) is 4.79 Å². The van der Waals surface area contributed by atoms with E-state index in [2.05, 4.69) is 21.7 Å². The van der Waals surface area contributed by atoms with Gasteiger partial charge < -0.3 is 19.9 Å². The molecule has 30 heavy (non-hydrogen) atoms. The summed E-state index contributed by atoms with van der Waals surface area (Å²) in [4.78, 5) is 12.8. The average Bonchev–Trinajstić information content (AvgIpc) is 3.45. The first-order chi connectivity index (χ1) is 14.5. The van der Waals surface area contributed by atoms with Crippen LogP contribution in [0.4, 0.5) is 0 Å². The van der Waals surface area contributed by atoms with Crippen molar-refractivity contribution < 1.29 is 14.3 Å². The van der Waals surface area contributed by atoms with Gasteiger partial charge in [0.25, 0.3) is 0 Å². The van der Waals surface area contributed by atoms with Crippen LogP contribution in [-0.4, -0.2) is 38.1 Å². The number of Topliss-reactive ketones (excluding diaryl/α,β-unsaturated/α-hetero) is 1. The van der Waals surface area contributed by atoms with Gasteiger partial charge in [-0.2, -0.15) is 0 Å². The number of hydrogen-bond acceptors (Lipinski definition) is 7. The van der Waals surface area contributed by atoms with E-state index in [0.29, 0.717) is 28.5 Å². The van der Waals surface area contributed by atoms with Crippen molar-refractivity contribution in [2.45, 2.75) is 44.5 Å². The van der Waals surface area contributed by atoms with Crippen LogP contribution in [0.3, 0.4) is 0 Å². The third-order valence-electron chi connectivity index (χ3n) is 5.17. The van der Waals surface area contributed by atoms with Gasteiger partial charge in [0.1, 0.15) is 18.1 Å². The Labute approximate surface area is 179 Å². The van der Waals surface area contributed by atoms with E-state index >= 15 is 0 Å². The number of nitrogen functional groups attached to an aromatic ring is 1. The molecule has 0 saturated heterocycles. The van der Waals surface area contributed by atoms with Crippen molar-refractivity contribution in [3.8, 4) is 11.5 Å². The molecule has 0 bridgehead atoms. The molecule has 0 spiro atoms. The molecule has 0 aliphatic heterocycles. The average molecular weight is 428 g/mol. The minimum absolute atomic E-state index is 0.0668. The predicted molar refractivity (Wildman–Crippen MR) is 115 cm³/mol. The predicted octanol–water partition coefficient (Wildman–Crippen LogP) is 3.31. The van der Waals surface area contributed by atoms with Gasteiger partial charge in [0.05, 0.1) is 12.9 Å². The van der Waals surface area contributed by atoms with Crippen LogP contribution in [0.25, 0.3) is 0 Å². The third-order valence-corrected chi connectivity index (χ3v) is 6.12. The lowest BCUT2D eigenvalue weighted by molar-refractivity contribution is 0.102. The van der Waals surface area contributed by atoms with E-state index in [1.807, 2.05) is 31.2 Å². The Morgan fingerprint density at radius 3 is 2.73 bits per heavy atom. The number of nitrogens with zero attached hydrogens (tertiary/aromatic N) is 4. The van der Waals surface area contributed by atoms with Crippen molar-refractivity contribution in [2.75, 3.05) is 18.7 Å². The summed E-state index contributed by atoms with van der Waals surface area (Å²) in [7, 11) is 1.60. The van der Waals surface area contributed by atoms with Crippen LogP contribution in [-0.2, 0) is 6.61 Å². The van der Waals surface area contributed by atoms with Crippen molar-refractivity contribution in [1.82, 2.24) is 19.4 Å². The molecular formula is C21H25N5O3S. The highest BCUT2D eigenvalue weighted by Crippen LogP contribution is 2.38. The van der Waals surface area contributed by atoms with Crippen molar-refractivity contribution in [3.05, 3.63) is 53.1 Å². The first-order valence-electron chi connectivity index (χ1n) is 9.78. The second-order valence-electron chi connectivity index (χ2n) is 7.33. The maximum Gasteiger partial charge on any atom is 0.210 e. The molecule has 0 atom stereocenters. The van der Waals surface area contributed by atoms with Crippen molar-refractivity contribution in [2.24, 2.45) is 0 Å². The maximum atomic E-state index is 12.8. The fourth-order valence-electron chi connectivity index (χ4n) is 3.50. The summed E-state index contributed by atoms with van der Waals surface area (Å²) in [5.41, 5.74) is 2.96. The van der Waals surface area contributed by atoms with Crippen LogP contribution < -0.4 is 15.3 Å². The maximum absolute atomic E-state index is 12.8. The van der Waals surface area contributed by atoms with Gasteiger partial charge in [-0.25, -0.2) is 4.68 Å². The van der Waals surface area contributed by atoms with Crippen molar-refractivity contribution >= 4 is 17.5 Å². The van der Waals surface area contributed by atoms with Crippen LogP contribution in [0, 0.1) is 13.8 Å². The standard InChI is InChI=1S/C21H25N5O3S/c1-13-9-18(14(2)25(13)15-7-8-15)19(27)12-30-21-24-23-20(26(21)22)11-29-17-6-4-5-16(10-17)28-3/h4-6,9-10,15H,7-8,11-12,22H2,1-3H3. The normalized spacial score (nSPS) is 13.4. The van der Waals surface area contributed by atoms with E-state index in [0.717, 1.165) is 17.0 Å². The number of carbonyl (C=O) groups is 1. The molecule has 4 rings (SSSR count). The molecule has 9 heteroatoms. The summed E-state index contributed by atoms with van der Waals surface area (Å²) in [6.07, 6.45) is 2.38. The molecule has 0 amide bonds. The Bertz CT molecular complexity index is 1070. The SMILES string of the molecule is COc1cccc(OCc2nnc(SCC(=O)c3cc(C)n(C4CC4)c3C)n2N)c1. The van der Waals surface area contributed by atoms with Gasteiger partial charge in [0.15, 0.2) is 11.6 Å². The number of ether oxygens (including phenoxy) is 2. The minimum Gasteiger partial charge on any atom is -0.497 e. The monoisotopic (exact) mass is 427 g/mol. The van der Waals surface area contributed by atoms with E-state index in [-0.39, 0.29) is 18.1 Å². The Morgan fingerprint density at radius 1 is 1.23 bits per heavy atom. The van der Waals surface area contributed by atoms with E-state index in [9.17, 15) is 4.79 Å². The Kier molecular flexibility index (Phi) is 5.72. The molecule has 1 aliphatic carbocycles. The number of carbonyl (C=O) groups excluding carboxylic acids is 1. The molecule has 0 unspecified atom stereocenters. The van der Waals surface area contributed by atoms with Gasteiger partial charge >= 0.3 is 0 Å². The minimum atomic E-state index is 0.0668. The van der Waals surface area contributed by atoms with Crippen LogP contribution >= 0.6 is 11.8 Å². The van der Waals surface area contributed by atoms with Gasteiger partial charge in [-0.15, -0.1) is 10.2 Å². The van der Waals surface area contributed by atoms with E-state index in [4.69, 9.17) is 15.3 Å². The summed E-state index contributed by atoms with van der Waals surface area (Å²) in [5.74, 6) is 8.25. The van der Waals surface area contributed by atoms with Gasteiger partial charge in [0, 0.05) is 29.1 Å². The van der Waals surface area contributed by atoms with E-state index in [1.54, 1.807) is 13.2 Å². The molecule has 2 aromatic heterocycles. The first-order valence-corrected chi connectivity index (χ1v) is 10.8. The number of ketones is 1. The van der Waals surface area contributed by atoms with Crippen LogP contribution in [0.2, 0.25) is 0 Å². The van der Waals surface area contributed by atoms with Crippen molar-refractivity contribution in [1.29, 1.82) is 0 Å². The molecule has 2 heterocycles. The van der Waals surface area contributed by atoms with Gasteiger partial charge in [-0.05, 0) is 44.9 Å². The molecule has 3 aromatic rings. The smallest absolute Gasteiger partial charge is 0.210 e. The molecule has 8 nitrogen and oxygen atoms in total. The summed E-state index contributed by atoms with van der Waals surface area (Å²) in [6.45, 7) is 4.23. The lowest BCUT2D eigenvalue weighted by Crippen LogP contribution is -2.16. The van der Waals surface area contributed by atoms with Crippen molar-refractivity contribution in [3.63, 3.8) is 0 Å². The second-order valence-corrected chi connectivity index (χ2v) is 8.28. The van der Waals surface area contributed by atoms with E-state index in [1.165, 1.54) is 29.3 Å². The highest BCUT2D eigenvalue weighted by Gasteiger charge is 2.28. The highest BCUT2D eigenvalue weighted by molar-refractivity contribution is 7.99. The lowest BCUT2D eigenvalue weighted by Gasteiger charge is -2.08. The van der Waals surface area contributed by atoms with Crippen LogP contribution in [0.15, 0.2) is 35.5 Å². The van der Waals surface area contributed by atoms with Gasteiger partial charge in [-0.1, -0.05) is 17.8 Å². The van der Waals surface area contributed by atoms with Crippen LogP contribution in [0.1, 0.15) is 46.5 Å². The fraction of sp³-hybridized carbons (Fsp3) is 0.381. The number of nitrogens with two attached hydrogens (primary N) is 1. The first kappa shape index (κ1) is 20.3. The summed E-state index contributed by atoms with van der Waals surface area (Å²) in [6, 6.07) is 9.83. The number of hydrogen-bond donors (Lipinski definition) is 1. The quantitative estimate of drug-likeness (QED) is 0.318. The number of aryl methyl sites for hydroxylation is 1. The molecule has 1 saturated carbocycles. The molecule has 158 valence electrons. The summed E-state index contributed by atoms with van der Waals surface area (Å²) >= 11 is 1.28.